The summed E-state index contributed by atoms with van der Waals surface area (Å²) in [5.41, 5.74) is 0. The van der Waals surface area contributed by atoms with Crippen LogP contribution in [0.1, 0.15) is 18.9 Å². The van der Waals surface area contributed by atoms with Crippen LogP contribution in [0.2, 0.25) is 0 Å². The first-order valence-electron chi connectivity index (χ1n) is 5.25. The van der Waals surface area contributed by atoms with Gasteiger partial charge in [-0.1, -0.05) is 0 Å². The predicted molar refractivity (Wildman–Crippen MR) is 50.6 cm³/mol. The molecule has 5 nitrogen and oxygen atoms in total. The van der Waals surface area contributed by atoms with Crippen molar-refractivity contribution in [2.24, 2.45) is 11.8 Å². The highest BCUT2D eigenvalue weighted by atomic mass is 15.5. The first-order valence-corrected chi connectivity index (χ1v) is 5.25. The van der Waals surface area contributed by atoms with Crippen LogP contribution >= 0.6 is 0 Å². The SMILES string of the molecule is CN1CC2CCC(C1)C2n1cnnn1. The Morgan fingerprint density at radius 1 is 1.21 bits per heavy atom. The Kier molecular flexibility index (Phi) is 1.80. The monoisotopic (exact) mass is 193 g/mol. The van der Waals surface area contributed by atoms with Crippen LogP contribution < -0.4 is 0 Å². The molecule has 2 bridgehead atoms. The maximum Gasteiger partial charge on any atom is 0.138 e. The van der Waals surface area contributed by atoms with E-state index >= 15 is 0 Å². The highest BCUT2D eigenvalue weighted by Gasteiger charge is 2.42. The van der Waals surface area contributed by atoms with E-state index in [4.69, 9.17) is 0 Å². The second kappa shape index (κ2) is 3.02. The molecule has 1 saturated carbocycles. The molecule has 76 valence electrons. The van der Waals surface area contributed by atoms with Gasteiger partial charge in [-0.2, -0.15) is 0 Å². The van der Waals surface area contributed by atoms with Crippen LogP contribution in [0.5, 0.6) is 0 Å². The van der Waals surface area contributed by atoms with Gasteiger partial charge in [0, 0.05) is 13.1 Å². The molecule has 1 aromatic rings. The largest absolute Gasteiger partial charge is 0.306 e. The van der Waals surface area contributed by atoms with Crippen LogP contribution in [0, 0.1) is 11.8 Å². The molecule has 2 unspecified atom stereocenters. The lowest BCUT2D eigenvalue weighted by molar-refractivity contribution is 0.128. The van der Waals surface area contributed by atoms with Crippen LogP contribution in [0.15, 0.2) is 6.33 Å². The van der Waals surface area contributed by atoms with E-state index < -0.39 is 0 Å². The molecular formula is C9H15N5. The molecule has 0 spiro atoms. The van der Waals surface area contributed by atoms with Gasteiger partial charge in [-0.05, 0) is 42.2 Å². The summed E-state index contributed by atoms with van der Waals surface area (Å²) < 4.78 is 1.97. The Morgan fingerprint density at radius 3 is 2.50 bits per heavy atom. The first kappa shape index (κ1) is 8.35. The lowest BCUT2D eigenvalue weighted by Crippen LogP contribution is -2.40. The Bertz CT molecular complexity index is 295. The number of likely N-dealkylation sites (tertiary alicyclic amines) is 1. The molecule has 0 N–H and O–H groups in total. The summed E-state index contributed by atoms with van der Waals surface area (Å²) in [6.45, 7) is 2.39. The number of tetrazole rings is 1. The fourth-order valence-corrected chi connectivity index (χ4v) is 3.17. The molecule has 1 aromatic heterocycles. The molecule has 1 aliphatic heterocycles. The standard InChI is InChI=1S/C9H15N5/c1-13-4-7-2-3-8(5-13)9(7)14-6-10-11-12-14/h6-9H,2-5H2,1H3. The van der Waals surface area contributed by atoms with Crippen LogP contribution in [-0.2, 0) is 0 Å². The van der Waals surface area contributed by atoms with Crippen LogP contribution in [0.3, 0.4) is 0 Å². The van der Waals surface area contributed by atoms with Gasteiger partial charge in [0.25, 0.3) is 0 Å². The summed E-state index contributed by atoms with van der Waals surface area (Å²) in [7, 11) is 2.21. The zero-order chi connectivity index (χ0) is 9.54. The molecule has 14 heavy (non-hydrogen) atoms. The van der Waals surface area contributed by atoms with Gasteiger partial charge in [-0.3, -0.25) is 0 Å². The number of piperidine rings is 1. The molecule has 2 heterocycles. The van der Waals surface area contributed by atoms with E-state index in [1.54, 1.807) is 6.33 Å². The van der Waals surface area contributed by atoms with Gasteiger partial charge in [-0.25, -0.2) is 4.68 Å². The lowest BCUT2D eigenvalue weighted by atomic mass is 9.93. The zero-order valence-corrected chi connectivity index (χ0v) is 8.37. The van der Waals surface area contributed by atoms with E-state index in [2.05, 4.69) is 27.5 Å². The number of aromatic nitrogens is 4. The molecule has 0 amide bonds. The summed E-state index contributed by atoms with van der Waals surface area (Å²) in [4.78, 5) is 2.43. The van der Waals surface area contributed by atoms with Crippen molar-refractivity contribution in [3.8, 4) is 0 Å². The lowest BCUT2D eigenvalue weighted by Gasteiger charge is -2.35. The summed E-state index contributed by atoms with van der Waals surface area (Å²) in [6.07, 6.45) is 4.43. The van der Waals surface area contributed by atoms with Gasteiger partial charge < -0.3 is 4.90 Å². The van der Waals surface area contributed by atoms with Crippen molar-refractivity contribution in [1.29, 1.82) is 0 Å². The highest BCUT2D eigenvalue weighted by molar-refractivity contribution is 4.94. The maximum atomic E-state index is 4.04. The van der Waals surface area contributed by atoms with Gasteiger partial charge >= 0.3 is 0 Å². The van der Waals surface area contributed by atoms with Gasteiger partial charge in [0.05, 0.1) is 6.04 Å². The summed E-state index contributed by atoms with van der Waals surface area (Å²) in [5.74, 6) is 1.50. The Labute approximate surface area is 83.1 Å². The molecule has 2 fully saturated rings. The smallest absolute Gasteiger partial charge is 0.138 e. The quantitative estimate of drug-likeness (QED) is 0.638. The third-order valence-corrected chi connectivity index (χ3v) is 3.64. The molecule has 2 aliphatic rings. The summed E-state index contributed by atoms with van der Waals surface area (Å²) in [6, 6.07) is 0.557. The van der Waals surface area contributed by atoms with E-state index in [0.717, 1.165) is 11.8 Å². The normalized spacial score (nSPS) is 37.6. The fourth-order valence-electron chi connectivity index (χ4n) is 3.17. The molecule has 2 atom stereocenters. The third kappa shape index (κ3) is 1.15. The molecule has 5 heteroatoms. The van der Waals surface area contributed by atoms with Gasteiger partial charge in [-0.15, -0.1) is 5.10 Å². The number of rotatable bonds is 1. The molecule has 0 radical (unpaired) electrons. The third-order valence-electron chi connectivity index (χ3n) is 3.64. The first-order chi connectivity index (χ1) is 6.84. The minimum Gasteiger partial charge on any atom is -0.306 e. The Hall–Kier alpha value is -0.970. The van der Waals surface area contributed by atoms with E-state index in [9.17, 15) is 0 Å². The number of nitrogens with zero attached hydrogens (tertiary/aromatic N) is 5. The predicted octanol–water partition coefficient (Wildman–Crippen LogP) is 0.186. The molecule has 0 aromatic carbocycles. The van der Waals surface area contributed by atoms with Gasteiger partial charge in [0.1, 0.15) is 6.33 Å². The van der Waals surface area contributed by atoms with E-state index in [0.29, 0.717) is 6.04 Å². The van der Waals surface area contributed by atoms with Crippen molar-refractivity contribution >= 4 is 0 Å². The number of fused-ring (bicyclic) bond motifs is 2. The van der Waals surface area contributed by atoms with Crippen LogP contribution in [-0.4, -0.2) is 45.2 Å². The molecular weight excluding hydrogens is 178 g/mol. The van der Waals surface area contributed by atoms with Crippen LogP contribution in [0.4, 0.5) is 0 Å². The topological polar surface area (TPSA) is 46.8 Å². The van der Waals surface area contributed by atoms with Crippen LogP contribution in [0.25, 0.3) is 0 Å². The molecule has 3 rings (SSSR count). The van der Waals surface area contributed by atoms with E-state index in [-0.39, 0.29) is 0 Å². The van der Waals surface area contributed by atoms with Crippen molar-refractivity contribution in [3.63, 3.8) is 0 Å². The van der Waals surface area contributed by atoms with Crippen molar-refractivity contribution in [2.45, 2.75) is 18.9 Å². The maximum absolute atomic E-state index is 4.04. The molecule has 1 aliphatic carbocycles. The average molecular weight is 193 g/mol. The average Bonchev–Trinajstić information content (AvgIpc) is 2.72. The Balaban J connectivity index is 1.88. The number of hydrogen-bond donors (Lipinski definition) is 0. The minimum absolute atomic E-state index is 0.557. The number of hydrogen-bond acceptors (Lipinski definition) is 4. The Morgan fingerprint density at radius 2 is 1.93 bits per heavy atom. The van der Waals surface area contributed by atoms with Gasteiger partial charge in [0.2, 0.25) is 0 Å². The molecule has 1 saturated heterocycles. The second-order valence-electron chi connectivity index (χ2n) is 4.60. The second-order valence-corrected chi connectivity index (χ2v) is 4.60. The fraction of sp³-hybridized carbons (Fsp3) is 0.889. The summed E-state index contributed by atoms with van der Waals surface area (Å²) >= 11 is 0. The van der Waals surface area contributed by atoms with Gasteiger partial charge in [0.15, 0.2) is 0 Å². The van der Waals surface area contributed by atoms with Crippen molar-refractivity contribution in [2.75, 3.05) is 20.1 Å². The highest BCUT2D eigenvalue weighted by Crippen LogP contribution is 2.43. The van der Waals surface area contributed by atoms with Crippen molar-refractivity contribution in [1.82, 2.24) is 25.1 Å². The van der Waals surface area contributed by atoms with Crippen molar-refractivity contribution < 1.29 is 0 Å². The zero-order valence-electron chi connectivity index (χ0n) is 8.37. The van der Waals surface area contributed by atoms with E-state index in [1.807, 2.05) is 4.68 Å². The minimum atomic E-state index is 0.557. The van der Waals surface area contributed by atoms with E-state index in [1.165, 1.54) is 25.9 Å². The summed E-state index contributed by atoms with van der Waals surface area (Å²) in [5, 5.41) is 11.5. The van der Waals surface area contributed by atoms with Crippen molar-refractivity contribution in [3.05, 3.63) is 6.33 Å².